The van der Waals surface area contributed by atoms with Crippen LogP contribution >= 0.6 is 31.9 Å². The van der Waals surface area contributed by atoms with Crippen molar-refractivity contribution in [3.05, 3.63) is 34.4 Å². The molecule has 0 spiro atoms. The summed E-state index contributed by atoms with van der Waals surface area (Å²) in [7, 11) is 0. The zero-order valence-corrected chi connectivity index (χ0v) is 10.4. The molecule has 0 saturated heterocycles. The van der Waals surface area contributed by atoms with Gasteiger partial charge < -0.3 is 0 Å². The average Bonchev–Trinajstić information content (AvgIpc) is 2.26. The Bertz CT molecular complexity index is 386. The molecule has 4 heteroatoms. The molecule has 0 saturated carbocycles. The third-order valence-corrected chi connectivity index (χ3v) is 3.08. The second kappa shape index (κ2) is 5.14. The van der Waals surface area contributed by atoms with E-state index < -0.39 is 0 Å². The minimum Gasteiger partial charge on any atom is -0.192 e. The lowest BCUT2D eigenvalue weighted by molar-refractivity contribution is 1.27. The van der Waals surface area contributed by atoms with Crippen molar-refractivity contribution in [1.82, 2.24) is 0 Å². The molecule has 0 unspecified atom stereocenters. The molecule has 0 fully saturated rings. The Morgan fingerprint density at radius 3 is 1.50 bits per heavy atom. The maximum Gasteiger partial charge on any atom is 0.101 e. The average molecular weight is 314 g/mol. The van der Waals surface area contributed by atoms with Gasteiger partial charge in [0.15, 0.2) is 0 Å². The first kappa shape index (κ1) is 11.2. The topological polar surface area (TPSA) is 47.6 Å². The van der Waals surface area contributed by atoms with E-state index in [1.54, 1.807) is 12.1 Å². The van der Waals surface area contributed by atoms with Crippen LogP contribution in [-0.4, -0.2) is 0 Å². The summed E-state index contributed by atoms with van der Waals surface area (Å²) < 4.78 is 0. The van der Waals surface area contributed by atoms with Crippen molar-refractivity contribution in [3.8, 4) is 12.1 Å². The predicted octanol–water partition coefficient (Wildman–Crippen LogP) is 3.22. The van der Waals surface area contributed by atoms with Gasteiger partial charge >= 0.3 is 0 Å². The molecule has 1 rings (SSSR count). The molecular formula is C10H6Br2N2. The molecule has 0 heterocycles. The van der Waals surface area contributed by atoms with Crippen molar-refractivity contribution < 1.29 is 0 Å². The molecule has 70 valence electrons. The van der Waals surface area contributed by atoms with Gasteiger partial charge in [-0.25, -0.2) is 0 Å². The number of nitriles is 2. The fourth-order valence-corrected chi connectivity index (χ4v) is 2.17. The standard InChI is InChI=1S/C10H6Br2N2/c11-3-7-1-9(5-13)10(6-14)2-8(7)4-12/h1-2H,3-4H2. The maximum absolute atomic E-state index is 8.80. The van der Waals surface area contributed by atoms with Crippen LogP contribution in [0, 0.1) is 22.7 Å². The first-order valence-electron chi connectivity index (χ1n) is 3.84. The van der Waals surface area contributed by atoms with Crippen molar-refractivity contribution >= 4 is 31.9 Å². The van der Waals surface area contributed by atoms with Gasteiger partial charge in [0.1, 0.15) is 12.1 Å². The van der Waals surface area contributed by atoms with Crippen LogP contribution < -0.4 is 0 Å². The highest BCUT2D eigenvalue weighted by molar-refractivity contribution is 9.09. The Morgan fingerprint density at radius 2 is 1.29 bits per heavy atom. The summed E-state index contributed by atoms with van der Waals surface area (Å²) in [4.78, 5) is 0. The quantitative estimate of drug-likeness (QED) is 0.787. The van der Waals surface area contributed by atoms with Crippen LogP contribution in [-0.2, 0) is 10.7 Å². The Labute approximate surface area is 99.4 Å². The summed E-state index contributed by atoms with van der Waals surface area (Å²) in [5.74, 6) is 0. The lowest BCUT2D eigenvalue weighted by atomic mass is 10.0. The van der Waals surface area contributed by atoms with Crippen LogP contribution in [0.15, 0.2) is 12.1 Å². The van der Waals surface area contributed by atoms with Gasteiger partial charge in [-0.05, 0) is 23.3 Å². The van der Waals surface area contributed by atoms with E-state index in [1.165, 1.54) is 0 Å². The molecule has 2 nitrogen and oxygen atoms in total. The Hall–Kier alpha value is -0.840. The van der Waals surface area contributed by atoms with E-state index in [9.17, 15) is 0 Å². The predicted molar refractivity (Wildman–Crippen MR) is 61.1 cm³/mol. The Balaban J connectivity index is 3.39. The van der Waals surface area contributed by atoms with Crippen molar-refractivity contribution in [2.45, 2.75) is 10.7 Å². The molecule has 0 radical (unpaired) electrons. The van der Waals surface area contributed by atoms with E-state index in [1.807, 2.05) is 12.1 Å². The molecular weight excluding hydrogens is 308 g/mol. The second-order valence-corrected chi connectivity index (χ2v) is 3.78. The summed E-state index contributed by atoms with van der Waals surface area (Å²) in [6, 6.07) is 7.54. The molecule has 0 aliphatic rings. The van der Waals surface area contributed by atoms with E-state index in [2.05, 4.69) is 31.9 Å². The van der Waals surface area contributed by atoms with E-state index in [-0.39, 0.29) is 0 Å². The van der Waals surface area contributed by atoms with Crippen LogP contribution in [0.25, 0.3) is 0 Å². The summed E-state index contributed by atoms with van der Waals surface area (Å²) in [6.07, 6.45) is 0. The van der Waals surface area contributed by atoms with Crippen LogP contribution in [0.5, 0.6) is 0 Å². The molecule has 1 aromatic rings. The van der Waals surface area contributed by atoms with Crippen molar-refractivity contribution in [2.24, 2.45) is 0 Å². The highest BCUT2D eigenvalue weighted by Gasteiger charge is 2.07. The van der Waals surface area contributed by atoms with E-state index in [0.717, 1.165) is 11.1 Å². The maximum atomic E-state index is 8.80. The van der Waals surface area contributed by atoms with Crippen molar-refractivity contribution in [3.63, 3.8) is 0 Å². The Kier molecular flexibility index (Phi) is 4.13. The number of alkyl halides is 2. The molecule has 0 atom stereocenters. The fraction of sp³-hybridized carbons (Fsp3) is 0.200. The third-order valence-electron chi connectivity index (χ3n) is 1.87. The first-order chi connectivity index (χ1) is 6.76. The molecule has 0 N–H and O–H groups in total. The summed E-state index contributed by atoms with van der Waals surface area (Å²) in [5.41, 5.74) is 2.95. The second-order valence-electron chi connectivity index (χ2n) is 2.66. The molecule has 0 aliphatic heterocycles. The summed E-state index contributed by atoms with van der Waals surface area (Å²) in [5, 5.41) is 19.0. The molecule has 0 aromatic heterocycles. The van der Waals surface area contributed by atoms with Gasteiger partial charge in [0.2, 0.25) is 0 Å². The highest BCUT2D eigenvalue weighted by Crippen LogP contribution is 2.20. The highest BCUT2D eigenvalue weighted by atomic mass is 79.9. The van der Waals surface area contributed by atoms with E-state index in [0.29, 0.717) is 21.8 Å². The number of hydrogen-bond donors (Lipinski definition) is 0. The number of nitrogens with zero attached hydrogens (tertiary/aromatic N) is 2. The summed E-state index contributed by atoms with van der Waals surface area (Å²) in [6.45, 7) is 0. The van der Waals surface area contributed by atoms with Gasteiger partial charge in [0.05, 0.1) is 11.1 Å². The normalized spacial score (nSPS) is 9.14. The van der Waals surface area contributed by atoms with Crippen molar-refractivity contribution in [1.29, 1.82) is 10.5 Å². The smallest absolute Gasteiger partial charge is 0.101 e. The van der Waals surface area contributed by atoms with Crippen molar-refractivity contribution in [2.75, 3.05) is 0 Å². The fourth-order valence-electron chi connectivity index (χ4n) is 1.12. The van der Waals surface area contributed by atoms with Gasteiger partial charge in [-0.15, -0.1) is 0 Å². The van der Waals surface area contributed by atoms with Crippen LogP contribution in [0.1, 0.15) is 22.3 Å². The number of rotatable bonds is 2. The molecule has 1 aromatic carbocycles. The summed E-state index contributed by atoms with van der Waals surface area (Å²) >= 11 is 6.69. The number of benzene rings is 1. The lowest BCUT2D eigenvalue weighted by Gasteiger charge is -2.05. The molecule has 0 aliphatic carbocycles. The molecule has 0 bridgehead atoms. The van der Waals surface area contributed by atoms with Crippen LogP contribution in [0.3, 0.4) is 0 Å². The molecule has 14 heavy (non-hydrogen) atoms. The van der Waals surface area contributed by atoms with Gasteiger partial charge in [-0.1, -0.05) is 31.9 Å². The van der Waals surface area contributed by atoms with Crippen LogP contribution in [0.2, 0.25) is 0 Å². The van der Waals surface area contributed by atoms with Gasteiger partial charge in [0, 0.05) is 10.7 Å². The van der Waals surface area contributed by atoms with Gasteiger partial charge in [-0.2, -0.15) is 10.5 Å². The largest absolute Gasteiger partial charge is 0.192 e. The zero-order chi connectivity index (χ0) is 10.6. The SMILES string of the molecule is N#Cc1cc(CBr)c(CBr)cc1C#N. The van der Waals surface area contributed by atoms with Crippen LogP contribution in [0.4, 0.5) is 0 Å². The third kappa shape index (κ3) is 2.15. The minimum atomic E-state index is 0.437. The number of halogens is 2. The monoisotopic (exact) mass is 312 g/mol. The minimum absolute atomic E-state index is 0.437. The zero-order valence-electron chi connectivity index (χ0n) is 7.22. The first-order valence-corrected chi connectivity index (χ1v) is 6.09. The van der Waals surface area contributed by atoms with E-state index >= 15 is 0 Å². The molecule has 0 amide bonds. The van der Waals surface area contributed by atoms with Gasteiger partial charge in [-0.3, -0.25) is 0 Å². The number of hydrogen-bond acceptors (Lipinski definition) is 2. The van der Waals surface area contributed by atoms with E-state index in [4.69, 9.17) is 10.5 Å². The lowest BCUT2D eigenvalue weighted by Crippen LogP contribution is -1.93. The van der Waals surface area contributed by atoms with Gasteiger partial charge in [0.25, 0.3) is 0 Å². The Morgan fingerprint density at radius 1 is 0.929 bits per heavy atom.